The van der Waals surface area contributed by atoms with Crippen LogP contribution in [0.4, 0.5) is 11.9 Å². The molecule has 0 atom stereocenters. The minimum Gasteiger partial charge on any atom is -0.463 e. The van der Waals surface area contributed by atoms with Gasteiger partial charge < -0.3 is 10.1 Å². The van der Waals surface area contributed by atoms with Crippen LogP contribution >= 0.6 is 27.3 Å². The minimum absolute atomic E-state index is 0.254. The van der Waals surface area contributed by atoms with Crippen molar-refractivity contribution in [2.75, 3.05) is 17.3 Å². The third kappa shape index (κ3) is 4.29. The molecule has 0 aliphatic heterocycles. The van der Waals surface area contributed by atoms with Crippen LogP contribution < -0.4 is 21.3 Å². The molecule has 108 valence electrons. The highest BCUT2D eigenvalue weighted by atomic mass is 79.9. The summed E-state index contributed by atoms with van der Waals surface area (Å²) in [4.78, 5) is 13.5. The van der Waals surface area contributed by atoms with Gasteiger partial charge in [-0.15, -0.1) is 11.3 Å². The Morgan fingerprint density at radius 2 is 2.10 bits per heavy atom. The number of rotatable bonds is 7. The first-order valence-corrected chi connectivity index (χ1v) is 7.65. The van der Waals surface area contributed by atoms with E-state index in [-0.39, 0.29) is 12.0 Å². The minimum atomic E-state index is 0.254. The Labute approximate surface area is 129 Å². The SMILES string of the molecule is CCCOc1nc(NN)nc(NCc2ccc(Br)s2)n1. The summed E-state index contributed by atoms with van der Waals surface area (Å²) in [5.74, 6) is 6.02. The lowest BCUT2D eigenvalue weighted by molar-refractivity contribution is 0.292. The molecular formula is C11H15BrN6OS. The highest BCUT2D eigenvalue weighted by molar-refractivity contribution is 9.11. The number of ether oxygens (including phenoxy) is 1. The molecule has 0 radical (unpaired) electrons. The number of anilines is 2. The molecule has 0 amide bonds. The van der Waals surface area contributed by atoms with E-state index in [1.54, 1.807) is 11.3 Å². The molecule has 0 saturated heterocycles. The van der Waals surface area contributed by atoms with Gasteiger partial charge in [-0.05, 0) is 34.5 Å². The van der Waals surface area contributed by atoms with Crippen molar-refractivity contribution in [1.29, 1.82) is 0 Å². The average Bonchev–Trinajstić information content (AvgIpc) is 2.88. The number of hydrazine groups is 1. The maximum absolute atomic E-state index is 5.39. The maximum atomic E-state index is 5.39. The number of nitrogens with zero attached hydrogens (tertiary/aromatic N) is 3. The van der Waals surface area contributed by atoms with Gasteiger partial charge in [-0.2, -0.15) is 15.0 Å². The first kappa shape index (κ1) is 14.9. The van der Waals surface area contributed by atoms with E-state index < -0.39 is 0 Å². The Balaban J connectivity index is 2.05. The lowest BCUT2D eigenvalue weighted by Crippen LogP contribution is -2.14. The van der Waals surface area contributed by atoms with Crippen molar-refractivity contribution in [2.45, 2.75) is 19.9 Å². The molecule has 20 heavy (non-hydrogen) atoms. The topological polar surface area (TPSA) is 98.0 Å². The first-order valence-electron chi connectivity index (χ1n) is 6.05. The van der Waals surface area contributed by atoms with Crippen molar-refractivity contribution in [3.8, 4) is 6.01 Å². The standard InChI is InChI=1S/C11H15BrN6OS/c1-2-5-19-11-16-9(15-10(17-11)18-13)14-6-7-3-4-8(12)20-7/h3-4H,2,5-6,13H2,1H3,(H2,14,15,16,17,18). The highest BCUT2D eigenvalue weighted by Crippen LogP contribution is 2.22. The molecule has 2 heterocycles. The summed E-state index contributed by atoms with van der Waals surface area (Å²) in [6.07, 6.45) is 0.878. The van der Waals surface area contributed by atoms with Crippen LogP contribution in [-0.4, -0.2) is 21.6 Å². The van der Waals surface area contributed by atoms with Crippen molar-refractivity contribution in [3.05, 3.63) is 20.8 Å². The van der Waals surface area contributed by atoms with E-state index in [0.29, 0.717) is 19.1 Å². The number of thiophene rings is 1. The van der Waals surface area contributed by atoms with Gasteiger partial charge in [0.25, 0.3) is 0 Å². The quantitative estimate of drug-likeness (QED) is 0.516. The van der Waals surface area contributed by atoms with Gasteiger partial charge in [0.1, 0.15) is 0 Å². The second-order valence-electron chi connectivity index (χ2n) is 3.82. The monoisotopic (exact) mass is 358 g/mol. The lowest BCUT2D eigenvalue weighted by Gasteiger charge is -2.08. The van der Waals surface area contributed by atoms with Gasteiger partial charge in [-0.3, -0.25) is 5.43 Å². The van der Waals surface area contributed by atoms with E-state index in [1.165, 1.54) is 0 Å². The zero-order valence-corrected chi connectivity index (χ0v) is 13.3. The number of nitrogens with one attached hydrogen (secondary N) is 2. The van der Waals surface area contributed by atoms with Gasteiger partial charge in [0.2, 0.25) is 11.9 Å². The Hall–Kier alpha value is -1.45. The van der Waals surface area contributed by atoms with E-state index in [0.717, 1.165) is 15.1 Å². The van der Waals surface area contributed by atoms with Crippen molar-refractivity contribution in [2.24, 2.45) is 5.84 Å². The van der Waals surface area contributed by atoms with Crippen LogP contribution in [0.1, 0.15) is 18.2 Å². The molecule has 4 N–H and O–H groups in total. The van der Waals surface area contributed by atoms with Gasteiger partial charge in [0.05, 0.1) is 16.9 Å². The van der Waals surface area contributed by atoms with Gasteiger partial charge in [0.15, 0.2) is 0 Å². The summed E-state index contributed by atoms with van der Waals surface area (Å²) in [6, 6.07) is 4.28. The zero-order valence-electron chi connectivity index (χ0n) is 10.9. The molecule has 2 rings (SSSR count). The molecule has 0 aromatic carbocycles. The summed E-state index contributed by atoms with van der Waals surface area (Å²) in [5.41, 5.74) is 2.40. The molecule has 0 aliphatic carbocycles. The molecular weight excluding hydrogens is 344 g/mol. The molecule has 0 fully saturated rings. The Kier molecular flexibility index (Phi) is 5.50. The predicted molar refractivity (Wildman–Crippen MR) is 82.8 cm³/mol. The van der Waals surface area contributed by atoms with E-state index in [1.807, 2.05) is 19.1 Å². The van der Waals surface area contributed by atoms with Crippen LogP contribution in [0.5, 0.6) is 6.01 Å². The van der Waals surface area contributed by atoms with Crippen LogP contribution in [0, 0.1) is 0 Å². The summed E-state index contributed by atoms with van der Waals surface area (Å²) in [7, 11) is 0. The van der Waals surface area contributed by atoms with Crippen LogP contribution in [0.25, 0.3) is 0 Å². The Morgan fingerprint density at radius 3 is 2.75 bits per heavy atom. The normalized spacial score (nSPS) is 10.3. The van der Waals surface area contributed by atoms with E-state index in [4.69, 9.17) is 10.6 Å². The number of nitrogen functional groups attached to an aromatic ring is 1. The third-order valence-electron chi connectivity index (χ3n) is 2.23. The third-order valence-corrected chi connectivity index (χ3v) is 3.85. The molecule has 9 heteroatoms. The smallest absolute Gasteiger partial charge is 0.323 e. The average molecular weight is 359 g/mol. The summed E-state index contributed by atoms with van der Waals surface area (Å²) in [5, 5.41) is 3.12. The molecule has 0 saturated carbocycles. The predicted octanol–water partition coefficient (Wildman–Crippen LogP) is 2.38. The van der Waals surface area contributed by atoms with Crippen molar-refractivity contribution >= 4 is 39.2 Å². The lowest BCUT2D eigenvalue weighted by atomic mass is 10.5. The molecule has 7 nitrogen and oxygen atoms in total. The van der Waals surface area contributed by atoms with Gasteiger partial charge >= 0.3 is 6.01 Å². The Morgan fingerprint density at radius 1 is 1.30 bits per heavy atom. The number of hydrogen-bond donors (Lipinski definition) is 3. The molecule has 2 aromatic rings. The van der Waals surface area contributed by atoms with Crippen molar-refractivity contribution < 1.29 is 4.74 Å². The van der Waals surface area contributed by atoms with Crippen LogP contribution in [0.15, 0.2) is 15.9 Å². The van der Waals surface area contributed by atoms with E-state index >= 15 is 0 Å². The molecule has 0 unspecified atom stereocenters. The van der Waals surface area contributed by atoms with Gasteiger partial charge in [-0.1, -0.05) is 6.92 Å². The van der Waals surface area contributed by atoms with Crippen LogP contribution in [0.3, 0.4) is 0 Å². The molecule has 0 bridgehead atoms. The van der Waals surface area contributed by atoms with E-state index in [2.05, 4.69) is 41.6 Å². The van der Waals surface area contributed by atoms with Gasteiger partial charge in [0, 0.05) is 4.88 Å². The zero-order chi connectivity index (χ0) is 14.4. The first-order chi connectivity index (χ1) is 9.71. The summed E-state index contributed by atoms with van der Waals surface area (Å²) < 4.78 is 6.48. The van der Waals surface area contributed by atoms with Crippen LogP contribution in [0.2, 0.25) is 0 Å². The number of hydrogen-bond acceptors (Lipinski definition) is 8. The maximum Gasteiger partial charge on any atom is 0.323 e. The van der Waals surface area contributed by atoms with E-state index in [9.17, 15) is 0 Å². The van der Waals surface area contributed by atoms with Crippen LogP contribution in [-0.2, 0) is 6.54 Å². The molecule has 2 aromatic heterocycles. The summed E-state index contributed by atoms with van der Waals surface area (Å²) in [6.45, 7) is 3.18. The molecule has 0 aliphatic rings. The number of nitrogens with two attached hydrogens (primary N) is 1. The second kappa shape index (κ2) is 7.36. The second-order valence-corrected chi connectivity index (χ2v) is 6.36. The fourth-order valence-corrected chi connectivity index (χ4v) is 2.79. The largest absolute Gasteiger partial charge is 0.463 e. The molecule has 0 spiro atoms. The number of halogens is 1. The number of aromatic nitrogens is 3. The summed E-state index contributed by atoms with van der Waals surface area (Å²) >= 11 is 5.07. The van der Waals surface area contributed by atoms with Gasteiger partial charge in [-0.25, -0.2) is 5.84 Å². The fourth-order valence-electron chi connectivity index (χ4n) is 1.37. The highest BCUT2D eigenvalue weighted by Gasteiger charge is 2.07. The fraction of sp³-hybridized carbons (Fsp3) is 0.364. The van der Waals surface area contributed by atoms with Crippen molar-refractivity contribution in [3.63, 3.8) is 0 Å². The van der Waals surface area contributed by atoms with Crippen molar-refractivity contribution in [1.82, 2.24) is 15.0 Å². The Bertz CT molecular complexity index is 564.